The minimum atomic E-state index is -0.156. The van der Waals surface area contributed by atoms with Crippen molar-refractivity contribution in [1.82, 2.24) is 25.2 Å². The first-order valence-electron chi connectivity index (χ1n) is 7.11. The summed E-state index contributed by atoms with van der Waals surface area (Å²) >= 11 is 1.37. The van der Waals surface area contributed by atoms with Crippen LogP contribution in [-0.4, -0.2) is 33.0 Å². The van der Waals surface area contributed by atoms with Crippen LogP contribution in [0.1, 0.15) is 21.9 Å². The molecule has 0 bridgehead atoms. The molecular formula is C15H15N5O2S. The van der Waals surface area contributed by atoms with Crippen LogP contribution in [0.4, 0.5) is 0 Å². The maximum Gasteiger partial charge on any atom is 0.261 e. The summed E-state index contributed by atoms with van der Waals surface area (Å²) in [5.41, 5.74) is 0.736. The molecular weight excluding hydrogens is 314 g/mol. The monoisotopic (exact) mass is 329 g/mol. The average Bonchev–Trinajstić information content (AvgIpc) is 3.23. The molecule has 0 fully saturated rings. The summed E-state index contributed by atoms with van der Waals surface area (Å²) in [5.74, 6) is 0.358. The lowest BCUT2D eigenvalue weighted by atomic mass is 10.3. The lowest BCUT2D eigenvalue weighted by molar-refractivity contribution is -0.121. The molecule has 0 saturated heterocycles. The van der Waals surface area contributed by atoms with Gasteiger partial charge < -0.3 is 10.6 Å². The molecule has 3 aromatic heterocycles. The molecule has 23 heavy (non-hydrogen) atoms. The normalized spacial score (nSPS) is 10.6. The summed E-state index contributed by atoms with van der Waals surface area (Å²) in [6.45, 7) is 0.589. The van der Waals surface area contributed by atoms with Crippen LogP contribution in [0.3, 0.4) is 0 Å². The van der Waals surface area contributed by atoms with Gasteiger partial charge in [-0.25, -0.2) is 0 Å². The Kier molecular flexibility index (Phi) is 4.62. The third kappa shape index (κ3) is 3.72. The number of amides is 2. The number of carbonyl (C=O) groups excluding carboxylic acids is 2. The lowest BCUT2D eigenvalue weighted by Crippen LogP contribution is -2.30. The lowest BCUT2D eigenvalue weighted by Gasteiger charge is -2.05. The van der Waals surface area contributed by atoms with E-state index in [9.17, 15) is 9.59 Å². The van der Waals surface area contributed by atoms with E-state index in [1.54, 1.807) is 6.07 Å². The van der Waals surface area contributed by atoms with E-state index in [1.165, 1.54) is 11.3 Å². The quantitative estimate of drug-likeness (QED) is 0.712. The molecule has 0 saturated carbocycles. The molecule has 2 amide bonds. The van der Waals surface area contributed by atoms with Gasteiger partial charge in [0, 0.05) is 19.2 Å². The van der Waals surface area contributed by atoms with Gasteiger partial charge in [0.2, 0.25) is 5.91 Å². The number of pyridine rings is 1. The average molecular weight is 329 g/mol. The second-order valence-corrected chi connectivity index (χ2v) is 5.75. The molecule has 2 N–H and O–H groups in total. The maximum atomic E-state index is 11.8. The Bertz CT molecular complexity index is 812. The first-order valence-corrected chi connectivity index (χ1v) is 7.99. The number of fused-ring (bicyclic) bond motifs is 1. The smallest absolute Gasteiger partial charge is 0.261 e. The van der Waals surface area contributed by atoms with E-state index in [-0.39, 0.29) is 18.2 Å². The highest BCUT2D eigenvalue weighted by Crippen LogP contribution is 2.07. The summed E-state index contributed by atoms with van der Waals surface area (Å²) in [6.07, 6.45) is 2.06. The van der Waals surface area contributed by atoms with Crippen molar-refractivity contribution < 1.29 is 9.59 Å². The molecule has 0 unspecified atom stereocenters. The van der Waals surface area contributed by atoms with Gasteiger partial charge in [0.25, 0.3) is 5.91 Å². The van der Waals surface area contributed by atoms with Crippen molar-refractivity contribution in [1.29, 1.82) is 0 Å². The molecule has 8 heteroatoms. The molecule has 0 aliphatic carbocycles. The van der Waals surface area contributed by atoms with Crippen LogP contribution < -0.4 is 10.6 Å². The molecule has 0 radical (unpaired) electrons. The SMILES string of the molecule is O=C(CCNC(=O)c1cccs1)NCc1nnc2ccccn12. The molecule has 0 aliphatic rings. The fourth-order valence-electron chi connectivity index (χ4n) is 2.06. The number of nitrogens with zero attached hydrogens (tertiary/aromatic N) is 3. The topological polar surface area (TPSA) is 88.4 Å². The Hall–Kier alpha value is -2.74. The first kappa shape index (κ1) is 15.2. The molecule has 7 nitrogen and oxygen atoms in total. The number of aromatic nitrogens is 3. The molecule has 0 aromatic carbocycles. The Morgan fingerprint density at radius 2 is 2.04 bits per heavy atom. The van der Waals surface area contributed by atoms with Gasteiger partial charge in [0.15, 0.2) is 11.5 Å². The second kappa shape index (κ2) is 7.01. The predicted octanol–water partition coefficient (Wildman–Crippen LogP) is 1.23. The molecule has 3 rings (SSSR count). The van der Waals surface area contributed by atoms with Crippen molar-refractivity contribution in [3.8, 4) is 0 Å². The zero-order chi connectivity index (χ0) is 16.1. The van der Waals surface area contributed by atoms with Crippen LogP contribution in [0.15, 0.2) is 41.9 Å². The highest BCUT2D eigenvalue weighted by molar-refractivity contribution is 7.12. The summed E-state index contributed by atoms with van der Waals surface area (Å²) in [5, 5.41) is 15.4. The van der Waals surface area contributed by atoms with Crippen LogP contribution >= 0.6 is 11.3 Å². The third-order valence-corrected chi connectivity index (χ3v) is 4.08. The summed E-state index contributed by atoms with van der Waals surface area (Å²) in [6, 6.07) is 9.16. The van der Waals surface area contributed by atoms with Crippen LogP contribution in [-0.2, 0) is 11.3 Å². The highest BCUT2D eigenvalue weighted by atomic mass is 32.1. The molecule has 0 atom stereocenters. The fraction of sp³-hybridized carbons (Fsp3) is 0.200. The van der Waals surface area contributed by atoms with E-state index in [1.807, 2.05) is 40.2 Å². The number of hydrogen-bond donors (Lipinski definition) is 2. The molecule has 118 valence electrons. The van der Waals surface area contributed by atoms with Gasteiger partial charge >= 0.3 is 0 Å². The molecule has 0 aliphatic heterocycles. The van der Waals surface area contributed by atoms with E-state index < -0.39 is 0 Å². The van der Waals surface area contributed by atoms with E-state index in [4.69, 9.17) is 0 Å². The van der Waals surface area contributed by atoms with Crippen LogP contribution in [0, 0.1) is 0 Å². The van der Waals surface area contributed by atoms with E-state index in [0.717, 1.165) is 5.65 Å². The minimum Gasteiger partial charge on any atom is -0.351 e. The van der Waals surface area contributed by atoms with Gasteiger partial charge in [-0.15, -0.1) is 21.5 Å². The van der Waals surface area contributed by atoms with E-state index in [0.29, 0.717) is 23.8 Å². The van der Waals surface area contributed by atoms with Crippen molar-refractivity contribution in [2.75, 3.05) is 6.54 Å². The number of thiophene rings is 1. The van der Waals surface area contributed by atoms with Crippen LogP contribution in [0.25, 0.3) is 5.65 Å². The van der Waals surface area contributed by atoms with Gasteiger partial charge in [-0.1, -0.05) is 12.1 Å². The van der Waals surface area contributed by atoms with Gasteiger partial charge in [0.1, 0.15) is 0 Å². The molecule has 0 spiro atoms. The zero-order valence-corrected chi connectivity index (χ0v) is 13.0. The van der Waals surface area contributed by atoms with E-state index >= 15 is 0 Å². The van der Waals surface area contributed by atoms with Gasteiger partial charge in [-0.05, 0) is 23.6 Å². The van der Waals surface area contributed by atoms with Crippen molar-refractivity contribution in [2.24, 2.45) is 0 Å². The number of rotatable bonds is 6. The van der Waals surface area contributed by atoms with Crippen LogP contribution in [0.2, 0.25) is 0 Å². The fourth-order valence-corrected chi connectivity index (χ4v) is 2.70. The van der Waals surface area contributed by atoms with E-state index in [2.05, 4.69) is 20.8 Å². The maximum absolute atomic E-state index is 11.8. The summed E-state index contributed by atoms with van der Waals surface area (Å²) in [7, 11) is 0. The van der Waals surface area contributed by atoms with Crippen molar-refractivity contribution in [3.05, 3.63) is 52.6 Å². The Balaban J connectivity index is 1.44. The minimum absolute atomic E-state index is 0.149. The molecule has 3 heterocycles. The van der Waals surface area contributed by atoms with Gasteiger partial charge in [-0.2, -0.15) is 0 Å². The van der Waals surface area contributed by atoms with Crippen LogP contribution in [0.5, 0.6) is 0 Å². The second-order valence-electron chi connectivity index (χ2n) is 4.80. The summed E-state index contributed by atoms with van der Waals surface area (Å²) < 4.78 is 1.82. The summed E-state index contributed by atoms with van der Waals surface area (Å²) in [4.78, 5) is 24.2. The first-order chi connectivity index (χ1) is 11.2. The standard InChI is InChI=1S/C15H15N5O2S/c21-14(6-7-16-15(22)11-4-3-9-23-11)17-10-13-19-18-12-5-1-2-8-20(12)13/h1-5,8-9H,6-7,10H2,(H,16,22)(H,17,21). The Morgan fingerprint density at radius 1 is 1.13 bits per heavy atom. The zero-order valence-electron chi connectivity index (χ0n) is 12.2. The van der Waals surface area contributed by atoms with Gasteiger partial charge in [-0.3, -0.25) is 14.0 Å². The van der Waals surface area contributed by atoms with Crippen molar-refractivity contribution >= 4 is 28.8 Å². The largest absolute Gasteiger partial charge is 0.351 e. The number of nitrogens with one attached hydrogen (secondary N) is 2. The number of carbonyl (C=O) groups is 2. The molecule has 3 aromatic rings. The Morgan fingerprint density at radius 3 is 2.87 bits per heavy atom. The number of hydrogen-bond acceptors (Lipinski definition) is 5. The predicted molar refractivity (Wildman–Crippen MR) is 86.1 cm³/mol. The third-order valence-electron chi connectivity index (χ3n) is 3.21. The highest BCUT2D eigenvalue weighted by Gasteiger charge is 2.09. The van der Waals surface area contributed by atoms with Gasteiger partial charge in [0.05, 0.1) is 11.4 Å². The Labute approximate surface area is 136 Å². The van der Waals surface area contributed by atoms with Crippen molar-refractivity contribution in [3.63, 3.8) is 0 Å². The van der Waals surface area contributed by atoms with Crippen molar-refractivity contribution in [2.45, 2.75) is 13.0 Å².